The van der Waals surface area contributed by atoms with Crippen molar-refractivity contribution in [2.45, 2.75) is 12.8 Å². The van der Waals surface area contributed by atoms with Gasteiger partial charge in [-0.15, -0.1) is 0 Å². The zero-order valence-corrected chi connectivity index (χ0v) is 21.2. The van der Waals surface area contributed by atoms with Crippen molar-refractivity contribution in [3.8, 4) is 11.5 Å². The van der Waals surface area contributed by atoms with Gasteiger partial charge in [0, 0.05) is 37.9 Å². The molecule has 1 aliphatic rings. The molecule has 1 saturated heterocycles. The number of carbonyl (C=O) groups is 1. The number of ether oxygens (including phenoxy) is 3. The second kappa shape index (κ2) is 13.1. The fraction of sp³-hybridized carbons (Fsp3) is 0.367. The molecule has 0 spiro atoms. The molecule has 1 amide bonds. The van der Waals surface area contributed by atoms with Crippen LogP contribution in [-0.4, -0.2) is 53.0 Å². The van der Waals surface area contributed by atoms with Crippen LogP contribution in [0.2, 0.25) is 0 Å². The van der Waals surface area contributed by atoms with E-state index < -0.39 is 0 Å². The molecule has 190 valence electrons. The van der Waals surface area contributed by atoms with Crippen molar-refractivity contribution in [2.24, 2.45) is 11.8 Å². The minimum atomic E-state index is -0.0454. The minimum absolute atomic E-state index is 0.0454. The first kappa shape index (κ1) is 25.7. The third-order valence-electron chi connectivity index (χ3n) is 6.71. The first-order valence-corrected chi connectivity index (χ1v) is 12.6. The third kappa shape index (κ3) is 6.65. The van der Waals surface area contributed by atoms with Crippen molar-refractivity contribution in [2.75, 3.05) is 52.0 Å². The Morgan fingerprint density at radius 3 is 2.33 bits per heavy atom. The van der Waals surface area contributed by atoms with Gasteiger partial charge in [-0.2, -0.15) is 0 Å². The Labute approximate surface area is 214 Å². The van der Waals surface area contributed by atoms with Crippen LogP contribution in [0, 0.1) is 11.8 Å². The summed E-state index contributed by atoms with van der Waals surface area (Å²) in [5.41, 5.74) is 2.80. The molecule has 1 fully saturated rings. The van der Waals surface area contributed by atoms with E-state index in [-0.39, 0.29) is 5.91 Å². The van der Waals surface area contributed by atoms with Gasteiger partial charge in [-0.3, -0.25) is 4.79 Å². The van der Waals surface area contributed by atoms with Crippen LogP contribution in [0.3, 0.4) is 0 Å². The Hall–Kier alpha value is -3.35. The van der Waals surface area contributed by atoms with Crippen molar-refractivity contribution >= 4 is 11.6 Å². The number of nitrogens with zero attached hydrogens (tertiary/aromatic N) is 1. The molecule has 0 aliphatic carbocycles. The molecule has 1 N–H and O–H groups in total. The number of amides is 1. The van der Waals surface area contributed by atoms with Crippen molar-refractivity contribution in [1.82, 2.24) is 5.32 Å². The van der Waals surface area contributed by atoms with Gasteiger partial charge in [-0.25, -0.2) is 0 Å². The number of para-hydroxylation sites is 1. The van der Waals surface area contributed by atoms with Gasteiger partial charge in [-0.05, 0) is 67.2 Å². The molecule has 1 heterocycles. The van der Waals surface area contributed by atoms with Crippen LogP contribution in [-0.2, 0) is 11.2 Å². The summed E-state index contributed by atoms with van der Waals surface area (Å²) >= 11 is 0. The van der Waals surface area contributed by atoms with Crippen molar-refractivity contribution in [3.05, 3.63) is 90.0 Å². The SMILES string of the molecule is COCCCOc1cc(C(=O)N(C[C@@H]2CNC[C@H]2Cc2ccccc2)c2ccccc2)ccc1OC. The van der Waals surface area contributed by atoms with Crippen LogP contribution in [0.25, 0.3) is 0 Å². The molecule has 2 atom stereocenters. The van der Waals surface area contributed by atoms with Gasteiger partial charge in [0.15, 0.2) is 11.5 Å². The average Bonchev–Trinajstić information content (AvgIpc) is 3.36. The Morgan fingerprint density at radius 2 is 1.61 bits per heavy atom. The van der Waals surface area contributed by atoms with Crippen LogP contribution in [0.5, 0.6) is 11.5 Å². The largest absolute Gasteiger partial charge is 0.493 e. The lowest BCUT2D eigenvalue weighted by Crippen LogP contribution is -2.38. The maximum Gasteiger partial charge on any atom is 0.258 e. The number of nitrogens with one attached hydrogen (secondary N) is 1. The summed E-state index contributed by atoms with van der Waals surface area (Å²) in [6.07, 6.45) is 1.75. The van der Waals surface area contributed by atoms with E-state index in [4.69, 9.17) is 14.2 Å². The lowest BCUT2D eigenvalue weighted by molar-refractivity contribution is 0.0980. The van der Waals surface area contributed by atoms with Gasteiger partial charge in [-0.1, -0.05) is 48.5 Å². The fourth-order valence-electron chi connectivity index (χ4n) is 4.77. The smallest absolute Gasteiger partial charge is 0.258 e. The fourth-order valence-corrected chi connectivity index (χ4v) is 4.77. The Kier molecular flexibility index (Phi) is 9.36. The number of hydrogen-bond donors (Lipinski definition) is 1. The standard InChI is InChI=1S/C30H36N2O4/c1-34-16-9-17-36-29-19-24(14-15-28(29)35-2)30(33)32(27-12-7-4-8-13-27)22-26-21-31-20-25(26)18-23-10-5-3-6-11-23/h3-8,10-15,19,25-26,31H,9,16-18,20-22H2,1-2H3/t25-,26+/m1/s1. The summed E-state index contributed by atoms with van der Waals surface area (Å²) in [4.78, 5) is 15.8. The maximum absolute atomic E-state index is 13.9. The monoisotopic (exact) mass is 488 g/mol. The molecule has 3 aromatic carbocycles. The molecule has 0 saturated carbocycles. The molecule has 6 nitrogen and oxygen atoms in total. The molecule has 0 aromatic heterocycles. The molecule has 3 aromatic rings. The van der Waals surface area contributed by atoms with E-state index in [1.807, 2.05) is 47.4 Å². The second-order valence-corrected chi connectivity index (χ2v) is 9.18. The molecule has 1 aliphatic heterocycles. The lowest BCUT2D eigenvalue weighted by Gasteiger charge is -2.29. The molecule has 0 unspecified atom stereocenters. The van der Waals surface area contributed by atoms with Gasteiger partial charge < -0.3 is 24.4 Å². The molecular weight excluding hydrogens is 452 g/mol. The first-order valence-electron chi connectivity index (χ1n) is 12.6. The van der Waals surface area contributed by atoms with Crippen molar-refractivity contribution in [1.29, 1.82) is 0 Å². The number of benzene rings is 3. The van der Waals surface area contributed by atoms with Crippen LogP contribution in [0.15, 0.2) is 78.9 Å². The number of rotatable bonds is 12. The highest BCUT2D eigenvalue weighted by Gasteiger charge is 2.31. The highest BCUT2D eigenvalue weighted by Crippen LogP contribution is 2.31. The summed E-state index contributed by atoms with van der Waals surface area (Å²) in [5, 5.41) is 3.55. The Bertz CT molecular complexity index is 1090. The summed E-state index contributed by atoms with van der Waals surface area (Å²) in [6, 6.07) is 25.9. The predicted molar refractivity (Wildman–Crippen MR) is 143 cm³/mol. The normalized spacial score (nSPS) is 17.1. The van der Waals surface area contributed by atoms with Gasteiger partial charge >= 0.3 is 0 Å². The molecule has 6 heteroatoms. The molecule has 4 rings (SSSR count). The third-order valence-corrected chi connectivity index (χ3v) is 6.71. The van der Waals surface area contributed by atoms with E-state index in [1.165, 1.54) is 5.56 Å². The van der Waals surface area contributed by atoms with Gasteiger partial charge in [0.25, 0.3) is 5.91 Å². The number of hydrogen-bond acceptors (Lipinski definition) is 5. The van der Waals surface area contributed by atoms with Crippen molar-refractivity contribution in [3.63, 3.8) is 0 Å². The highest BCUT2D eigenvalue weighted by atomic mass is 16.5. The maximum atomic E-state index is 13.9. The summed E-state index contributed by atoms with van der Waals surface area (Å²) < 4.78 is 16.5. The Morgan fingerprint density at radius 1 is 0.889 bits per heavy atom. The van der Waals surface area contributed by atoms with E-state index in [9.17, 15) is 4.79 Å². The van der Waals surface area contributed by atoms with E-state index in [2.05, 4.69) is 29.6 Å². The number of anilines is 1. The highest BCUT2D eigenvalue weighted by molar-refractivity contribution is 6.06. The minimum Gasteiger partial charge on any atom is -0.493 e. The first-order chi connectivity index (χ1) is 17.7. The van der Waals surface area contributed by atoms with Crippen LogP contribution in [0.1, 0.15) is 22.3 Å². The summed E-state index contributed by atoms with van der Waals surface area (Å²) in [7, 11) is 3.28. The van der Waals surface area contributed by atoms with Crippen molar-refractivity contribution < 1.29 is 19.0 Å². The van der Waals surface area contributed by atoms with Gasteiger partial charge in [0.1, 0.15) is 0 Å². The molecule has 0 radical (unpaired) electrons. The predicted octanol–water partition coefficient (Wildman–Crippen LogP) is 4.84. The zero-order chi connectivity index (χ0) is 25.2. The Balaban J connectivity index is 1.55. The topological polar surface area (TPSA) is 60.0 Å². The van der Waals surface area contributed by atoms with Crippen LogP contribution >= 0.6 is 0 Å². The van der Waals surface area contributed by atoms with E-state index >= 15 is 0 Å². The lowest BCUT2D eigenvalue weighted by atomic mass is 9.89. The zero-order valence-electron chi connectivity index (χ0n) is 21.2. The van der Waals surface area contributed by atoms with Crippen LogP contribution in [0.4, 0.5) is 5.69 Å². The molecule has 0 bridgehead atoms. The van der Waals surface area contributed by atoms with E-state index in [1.54, 1.807) is 26.4 Å². The van der Waals surface area contributed by atoms with Gasteiger partial charge in [0.2, 0.25) is 0 Å². The van der Waals surface area contributed by atoms with Gasteiger partial charge in [0.05, 0.1) is 13.7 Å². The second-order valence-electron chi connectivity index (χ2n) is 9.18. The quantitative estimate of drug-likeness (QED) is 0.370. The number of methoxy groups -OCH3 is 2. The molecule has 36 heavy (non-hydrogen) atoms. The van der Waals surface area contributed by atoms with E-state index in [0.29, 0.717) is 48.7 Å². The summed E-state index contributed by atoms with van der Waals surface area (Å²) in [6.45, 7) is 3.59. The molecular formula is C30H36N2O4. The number of carbonyl (C=O) groups excluding carboxylic acids is 1. The van der Waals surface area contributed by atoms with Crippen LogP contribution < -0.4 is 19.7 Å². The van der Waals surface area contributed by atoms with E-state index in [0.717, 1.165) is 31.6 Å². The average molecular weight is 489 g/mol. The summed E-state index contributed by atoms with van der Waals surface area (Å²) in [5.74, 6) is 1.94.